The van der Waals surface area contributed by atoms with Gasteiger partial charge in [0.1, 0.15) is 11.8 Å². The molecule has 8 heteroatoms. The van der Waals surface area contributed by atoms with E-state index in [1.54, 1.807) is 40.7 Å². The number of carbonyl (C=O) groups excluding carboxylic acids is 4. The summed E-state index contributed by atoms with van der Waals surface area (Å²) in [6, 6.07) is 0. The Morgan fingerprint density at radius 1 is 1.03 bits per heavy atom. The van der Waals surface area contributed by atoms with E-state index in [2.05, 4.69) is 0 Å². The third-order valence-corrected chi connectivity index (χ3v) is 9.27. The van der Waals surface area contributed by atoms with Crippen molar-refractivity contribution in [2.45, 2.75) is 77.7 Å². The summed E-state index contributed by atoms with van der Waals surface area (Å²) in [6.07, 6.45) is 5.63. The fourth-order valence-electron chi connectivity index (χ4n) is 7.29. The highest BCUT2D eigenvalue weighted by atomic mass is 19.1. The first kappa shape index (κ1) is 26.4. The lowest BCUT2D eigenvalue weighted by molar-refractivity contribution is -0.189. The first-order chi connectivity index (χ1) is 16.8. The normalized spacial score (nSPS) is 42.6. The number of ketones is 2. The summed E-state index contributed by atoms with van der Waals surface area (Å²) in [4.78, 5) is 50.1. The van der Waals surface area contributed by atoms with E-state index in [0.717, 1.165) is 0 Å². The van der Waals surface area contributed by atoms with E-state index in [1.165, 1.54) is 24.3 Å². The molecule has 0 aromatic rings. The zero-order valence-corrected chi connectivity index (χ0v) is 21.4. The molecule has 196 valence electrons. The Labute approximate surface area is 210 Å². The van der Waals surface area contributed by atoms with Crippen molar-refractivity contribution in [2.75, 3.05) is 6.61 Å². The van der Waals surface area contributed by atoms with E-state index >= 15 is 8.78 Å². The van der Waals surface area contributed by atoms with Crippen LogP contribution in [0.3, 0.4) is 0 Å². The van der Waals surface area contributed by atoms with Gasteiger partial charge in [-0.2, -0.15) is 0 Å². The second-order valence-electron chi connectivity index (χ2n) is 11.0. The fraction of sp³-hybridized carbons (Fsp3) is 0.643. The van der Waals surface area contributed by atoms with Crippen molar-refractivity contribution < 1.29 is 37.4 Å². The molecule has 0 heterocycles. The molecule has 0 spiro atoms. The first-order valence-corrected chi connectivity index (χ1v) is 12.7. The number of Topliss-reactive ketones (excluding diaryl/α,β-unsaturated/α-hetero) is 1. The number of hydrogen-bond donors (Lipinski definition) is 0. The van der Waals surface area contributed by atoms with Crippen LogP contribution in [0.15, 0.2) is 36.0 Å². The Kier molecular flexibility index (Phi) is 6.41. The molecule has 2 fully saturated rings. The number of ether oxygens (including phenoxy) is 2. The number of fused-ring (bicyclic) bond motifs is 5. The van der Waals surface area contributed by atoms with Crippen molar-refractivity contribution in [2.24, 2.45) is 28.6 Å². The molecule has 0 radical (unpaired) electrons. The largest absolute Gasteiger partial charge is 0.457 e. The van der Waals surface area contributed by atoms with Crippen LogP contribution >= 0.6 is 0 Å². The maximum absolute atomic E-state index is 17.1. The Balaban J connectivity index is 1.84. The lowest BCUT2D eigenvalue weighted by Crippen LogP contribution is -2.64. The first-order valence-electron chi connectivity index (χ1n) is 12.7. The van der Waals surface area contributed by atoms with Gasteiger partial charge in [-0.25, -0.2) is 8.78 Å². The molecule has 0 aliphatic heterocycles. The van der Waals surface area contributed by atoms with Gasteiger partial charge in [0.15, 0.2) is 18.0 Å². The van der Waals surface area contributed by atoms with E-state index in [9.17, 15) is 19.2 Å². The molecule has 0 amide bonds. The molecule has 0 N–H and O–H groups in total. The molecule has 0 saturated heterocycles. The van der Waals surface area contributed by atoms with E-state index in [-0.39, 0.29) is 30.6 Å². The molecule has 4 aliphatic carbocycles. The summed E-state index contributed by atoms with van der Waals surface area (Å²) < 4.78 is 43.8. The van der Waals surface area contributed by atoms with Gasteiger partial charge in [-0.3, -0.25) is 19.2 Å². The lowest BCUT2D eigenvalue weighted by atomic mass is 9.48. The fourth-order valence-corrected chi connectivity index (χ4v) is 7.29. The van der Waals surface area contributed by atoms with Crippen LogP contribution in [0, 0.1) is 28.6 Å². The van der Waals surface area contributed by atoms with Crippen LogP contribution < -0.4 is 0 Å². The summed E-state index contributed by atoms with van der Waals surface area (Å²) in [5.74, 6) is -4.01. The molecular weight excluding hydrogens is 470 g/mol. The molecule has 36 heavy (non-hydrogen) atoms. The maximum atomic E-state index is 17.1. The molecule has 2 saturated carbocycles. The summed E-state index contributed by atoms with van der Waals surface area (Å²) in [5, 5.41) is 0. The predicted octanol–water partition coefficient (Wildman–Crippen LogP) is 4.57. The molecule has 8 atom stereocenters. The Morgan fingerprint density at radius 2 is 1.69 bits per heavy atom. The van der Waals surface area contributed by atoms with Gasteiger partial charge in [-0.05, 0) is 49.5 Å². The summed E-state index contributed by atoms with van der Waals surface area (Å²) in [6.45, 7) is 7.76. The van der Waals surface area contributed by atoms with Gasteiger partial charge in [0.25, 0.3) is 0 Å². The zero-order valence-electron chi connectivity index (χ0n) is 21.4. The average Bonchev–Trinajstić information content (AvgIpc) is 3.07. The van der Waals surface area contributed by atoms with E-state index < -0.39 is 70.4 Å². The van der Waals surface area contributed by atoms with Crippen molar-refractivity contribution in [3.63, 3.8) is 0 Å². The summed E-state index contributed by atoms with van der Waals surface area (Å²) in [7, 11) is 0. The van der Waals surface area contributed by atoms with Crippen LogP contribution in [0.1, 0.15) is 60.3 Å². The zero-order chi connectivity index (χ0) is 26.7. The van der Waals surface area contributed by atoms with Crippen molar-refractivity contribution in [1.82, 2.24) is 0 Å². The van der Waals surface area contributed by atoms with E-state index in [0.29, 0.717) is 6.42 Å². The van der Waals surface area contributed by atoms with Gasteiger partial charge in [0.2, 0.25) is 5.78 Å². The van der Waals surface area contributed by atoms with Gasteiger partial charge in [-0.15, -0.1) is 0 Å². The van der Waals surface area contributed by atoms with E-state index in [4.69, 9.17) is 9.47 Å². The minimum Gasteiger partial charge on any atom is -0.457 e. The SMILES string of the molecule is CCC(=O)OCC(=O)[C@@]1(OC(=O)CC)[C@H](C)C[C@H]2[C@@H]3C[C@H](F)C4=CC(=O)C=C[C@]4(C)[C@@]3(F)C=C[C@@]21C. The number of hydrogen-bond acceptors (Lipinski definition) is 6. The molecule has 0 unspecified atom stereocenters. The third-order valence-electron chi connectivity index (χ3n) is 9.27. The standard InChI is InChI=1S/C28H34F2O6/c1-6-23(33)35-15-22(32)28(36-24(34)7-2)16(3)12-18-19-14-21(29)20-13-17(31)8-9-25(20,4)27(19,30)11-10-26(18,28)5/h8-11,13,16,18-19,21H,6-7,12,14-15H2,1-5H3/t16-,18+,19+,21+,25+,26+,27-,28+/m1/s1. The van der Waals surface area contributed by atoms with Crippen molar-refractivity contribution in [1.29, 1.82) is 0 Å². The molecular formula is C28H34F2O6. The minimum atomic E-state index is -2.01. The van der Waals surface area contributed by atoms with Crippen LogP contribution in [0.25, 0.3) is 0 Å². The van der Waals surface area contributed by atoms with Crippen LogP contribution in [0.5, 0.6) is 0 Å². The van der Waals surface area contributed by atoms with Crippen LogP contribution in [0.2, 0.25) is 0 Å². The average molecular weight is 505 g/mol. The third kappa shape index (κ3) is 3.39. The van der Waals surface area contributed by atoms with Gasteiger partial charge in [-0.1, -0.05) is 39.8 Å². The number of rotatable bonds is 6. The molecule has 0 bridgehead atoms. The second-order valence-corrected chi connectivity index (χ2v) is 11.0. The molecule has 0 aromatic heterocycles. The van der Waals surface area contributed by atoms with E-state index in [1.807, 2.05) is 0 Å². The highest BCUT2D eigenvalue weighted by molar-refractivity contribution is 6.01. The number of carbonyl (C=O) groups is 4. The quantitative estimate of drug-likeness (QED) is 0.389. The molecule has 4 aliphatic rings. The number of allylic oxidation sites excluding steroid dienone is 5. The molecule has 4 rings (SSSR count). The van der Waals surface area contributed by atoms with Crippen LogP contribution in [-0.2, 0) is 28.7 Å². The second kappa shape index (κ2) is 8.73. The van der Waals surface area contributed by atoms with Crippen molar-refractivity contribution in [3.8, 4) is 0 Å². The summed E-state index contributed by atoms with van der Waals surface area (Å²) in [5.41, 5.74) is -6.10. The van der Waals surface area contributed by atoms with Gasteiger partial charge in [0.05, 0.1) is 0 Å². The summed E-state index contributed by atoms with van der Waals surface area (Å²) >= 11 is 0. The topological polar surface area (TPSA) is 86.7 Å². The predicted molar refractivity (Wildman–Crippen MR) is 127 cm³/mol. The maximum Gasteiger partial charge on any atom is 0.306 e. The number of alkyl halides is 2. The Bertz CT molecular complexity index is 1090. The van der Waals surface area contributed by atoms with Crippen molar-refractivity contribution >= 4 is 23.5 Å². The smallest absolute Gasteiger partial charge is 0.306 e. The number of halogens is 2. The van der Waals surface area contributed by atoms with Gasteiger partial charge >= 0.3 is 11.9 Å². The molecule has 0 aromatic carbocycles. The molecule has 6 nitrogen and oxygen atoms in total. The lowest BCUT2D eigenvalue weighted by Gasteiger charge is -2.58. The van der Waals surface area contributed by atoms with Crippen molar-refractivity contribution in [3.05, 3.63) is 36.0 Å². The van der Waals surface area contributed by atoms with Crippen LogP contribution in [0.4, 0.5) is 8.78 Å². The van der Waals surface area contributed by atoms with Gasteiger partial charge in [0, 0.05) is 35.5 Å². The highest BCUT2D eigenvalue weighted by Gasteiger charge is 2.74. The number of esters is 2. The highest BCUT2D eigenvalue weighted by Crippen LogP contribution is 2.69. The van der Waals surface area contributed by atoms with Crippen LogP contribution in [-0.4, -0.2) is 47.6 Å². The Hall–Kier alpha value is -2.64. The van der Waals surface area contributed by atoms with Gasteiger partial charge < -0.3 is 9.47 Å². The monoisotopic (exact) mass is 504 g/mol. The Morgan fingerprint density at radius 3 is 2.33 bits per heavy atom. The minimum absolute atomic E-state index is 0.0229.